The van der Waals surface area contributed by atoms with Crippen LogP contribution in [0.3, 0.4) is 0 Å². The molecule has 2 N–H and O–H groups in total. The van der Waals surface area contributed by atoms with Gasteiger partial charge in [-0.1, -0.05) is 19.0 Å². The van der Waals surface area contributed by atoms with E-state index in [1.165, 1.54) is 30.6 Å². The maximum atomic E-state index is 12.3. The SMILES string of the molecule is CC(C)[C@@H](NC(=O)COc1ccc([N+](=O)[O-])cc1)c1nc(-c2ncn[nH]2)no1. The predicted molar refractivity (Wildman–Crippen MR) is 94.0 cm³/mol. The zero-order valence-corrected chi connectivity index (χ0v) is 15.0. The fourth-order valence-corrected chi connectivity index (χ4v) is 2.31. The van der Waals surface area contributed by atoms with Gasteiger partial charge in [-0.25, -0.2) is 4.98 Å². The average Bonchev–Trinajstić information content (AvgIpc) is 3.36. The molecule has 0 aliphatic heterocycles. The summed E-state index contributed by atoms with van der Waals surface area (Å²) in [6, 6.07) is 4.92. The summed E-state index contributed by atoms with van der Waals surface area (Å²) in [7, 11) is 0. The van der Waals surface area contributed by atoms with Crippen molar-refractivity contribution in [1.29, 1.82) is 0 Å². The number of H-pyrrole nitrogens is 1. The first-order valence-electron chi connectivity index (χ1n) is 8.30. The third kappa shape index (κ3) is 4.47. The summed E-state index contributed by atoms with van der Waals surface area (Å²) in [6.45, 7) is 3.50. The van der Waals surface area contributed by atoms with Gasteiger partial charge in [-0.15, -0.1) is 0 Å². The molecule has 0 saturated carbocycles. The number of ether oxygens (including phenoxy) is 1. The normalized spacial score (nSPS) is 12.0. The van der Waals surface area contributed by atoms with Crippen molar-refractivity contribution in [3.05, 3.63) is 46.6 Å². The summed E-state index contributed by atoms with van der Waals surface area (Å²) in [6.07, 6.45) is 1.32. The number of carbonyl (C=O) groups is 1. The fraction of sp³-hybridized carbons (Fsp3) is 0.312. The molecule has 0 radical (unpaired) electrons. The van der Waals surface area contributed by atoms with E-state index in [0.717, 1.165) is 0 Å². The molecule has 1 amide bonds. The summed E-state index contributed by atoms with van der Waals surface area (Å²) in [5.41, 5.74) is -0.0596. The summed E-state index contributed by atoms with van der Waals surface area (Å²) < 4.78 is 10.6. The van der Waals surface area contributed by atoms with Crippen molar-refractivity contribution >= 4 is 11.6 Å². The molecule has 0 unspecified atom stereocenters. The highest BCUT2D eigenvalue weighted by Gasteiger charge is 2.25. The number of aromatic amines is 1. The van der Waals surface area contributed by atoms with E-state index in [9.17, 15) is 14.9 Å². The Bertz CT molecular complexity index is 937. The number of nitrogens with zero attached hydrogens (tertiary/aromatic N) is 5. The zero-order valence-electron chi connectivity index (χ0n) is 15.0. The molecule has 0 fully saturated rings. The van der Waals surface area contributed by atoms with Gasteiger partial charge in [0.25, 0.3) is 11.6 Å². The number of nitro groups is 1. The Morgan fingerprint density at radius 2 is 2.11 bits per heavy atom. The maximum Gasteiger partial charge on any atom is 0.269 e. The van der Waals surface area contributed by atoms with E-state index in [4.69, 9.17) is 9.26 Å². The van der Waals surface area contributed by atoms with Crippen LogP contribution in [0.4, 0.5) is 5.69 Å². The van der Waals surface area contributed by atoms with Crippen molar-refractivity contribution in [2.24, 2.45) is 5.92 Å². The van der Waals surface area contributed by atoms with E-state index < -0.39 is 16.9 Å². The molecule has 146 valence electrons. The smallest absolute Gasteiger partial charge is 0.269 e. The molecule has 0 aliphatic carbocycles. The van der Waals surface area contributed by atoms with Gasteiger partial charge in [0, 0.05) is 12.1 Å². The van der Waals surface area contributed by atoms with Crippen LogP contribution in [-0.4, -0.2) is 42.8 Å². The zero-order chi connectivity index (χ0) is 20.1. The highest BCUT2D eigenvalue weighted by molar-refractivity contribution is 5.78. The molecule has 0 aliphatic rings. The van der Waals surface area contributed by atoms with Crippen LogP contribution in [0, 0.1) is 16.0 Å². The molecular weight excluding hydrogens is 370 g/mol. The summed E-state index contributed by atoms with van der Waals surface area (Å²) in [5.74, 6) is 0.708. The fourth-order valence-electron chi connectivity index (χ4n) is 2.31. The van der Waals surface area contributed by atoms with Crippen LogP contribution >= 0.6 is 0 Å². The minimum absolute atomic E-state index is 0.0358. The Balaban J connectivity index is 1.61. The van der Waals surface area contributed by atoms with Crippen molar-refractivity contribution in [2.45, 2.75) is 19.9 Å². The molecule has 2 aromatic heterocycles. The van der Waals surface area contributed by atoms with Crippen LogP contribution in [0.15, 0.2) is 35.1 Å². The Kier molecular flexibility index (Phi) is 5.58. The number of aromatic nitrogens is 5. The number of hydrogen-bond acceptors (Lipinski definition) is 9. The topological polar surface area (TPSA) is 162 Å². The lowest BCUT2D eigenvalue weighted by Gasteiger charge is -2.18. The highest BCUT2D eigenvalue weighted by Crippen LogP contribution is 2.22. The molecule has 2 heterocycles. The Hall–Kier alpha value is -3.83. The quantitative estimate of drug-likeness (QED) is 0.432. The van der Waals surface area contributed by atoms with Gasteiger partial charge in [0.1, 0.15) is 18.1 Å². The van der Waals surface area contributed by atoms with Gasteiger partial charge in [-0.3, -0.25) is 20.0 Å². The van der Waals surface area contributed by atoms with Gasteiger partial charge >= 0.3 is 0 Å². The van der Waals surface area contributed by atoms with Gasteiger partial charge in [-0.05, 0) is 18.1 Å². The molecule has 3 aromatic rings. The van der Waals surface area contributed by atoms with Crippen molar-refractivity contribution in [2.75, 3.05) is 6.61 Å². The Labute approximate surface area is 158 Å². The largest absolute Gasteiger partial charge is 0.484 e. The molecule has 1 atom stereocenters. The number of amides is 1. The summed E-state index contributed by atoms with van der Waals surface area (Å²) in [4.78, 5) is 30.6. The Morgan fingerprint density at radius 1 is 1.36 bits per heavy atom. The average molecular weight is 387 g/mol. The van der Waals surface area contributed by atoms with Crippen LogP contribution in [0.2, 0.25) is 0 Å². The van der Waals surface area contributed by atoms with Crippen LogP contribution in [0.5, 0.6) is 5.75 Å². The molecule has 3 rings (SSSR count). The standard InChI is InChI=1S/C16H17N7O5/c1-9(2)13(16-20-15(22-28-16)14-17-8-18-21-14)19-12(24)7-27-11-5-3-10(4-6-11)23(25)26/h3-6,8-9,13H,7H2,1-2H3,(H,19,24)(H,17,18,21)/t13-/m1/s1. The number of benzene rings is 1. The van der Waals surface area contributed by atoms with Gasteiger partial charge in [0.2, 0.25) is 11.7 Å². The first kappa shape index (κ1) is 18.9. The first-order valence-corrected chi connectivity index (χ1v) is 8.30. The van der Waals surface area contributed by atoms with Crippen molar-refractivity contribution in [3.63, 3.8) is 0 Å². The summed E-state index contributed by atoms with van der Waals surface area (Å²) >= 11 is 0. The number of nitro benzene ring substituents is 1. The number of nitrogens with one attached hydrogen (secondary N) is 2. The monoisotopic (exact) mass is 387 g/mol. The number of rotatable bonds is 8. The Morgan fingerprint density at radius 3 is 2.71 bits per heavy atom. The van der Waals surface area contributed by atoms with Crippen LogP contribution in [0.1, 0.15) is 25.8 Å². The lowest BCUT2D eigenvalue weighted by Crippen LogP contribution is -2.35. The number of carbonyl (C=O) groups excluding carboxylic acids is 1. The van der Waals surface area contributed by atoms with Crippen LogP contribution < -0.4 is 10.1 Å². The van der Waals surface area contributed by atoms with Crippen molar-refractivity contribution in [3.8, 4) is 17.4 Å². The number of hydrogen-bond donors (Lipinski definition) is 2. The molecule has 28 heavy (non-hydrogen) atoms. The van der Waals surface area contributed by atoms with E-state index >= 15 is 0 Å². The lowest BCUT2D eigenvalue weighted by molar-refractivity contribution is -0.384. The highest BCUT2D eigenvalue weighted by atomic mass is 16.6. The van der Waals surface area contributed by atoms with E-state index in [0.29, 0.717) is 11.6 Å². The maximum absolute atomic E-state index is 12.3. The number of non-ortho nitro benzene ring substituents is 1. The van der Waals surface area contributed by atoms with Crippen LogP contribution in [-0.2, 0) is 4.79 Å². The molecule has 0 saturated heterocycles. The van der Waals surface area contributed by atoms with Gasteiger partial charge in [0.15, 0.2) is 12.4 Å². The molecule has 0 spiro atoms. The van der Waals surface area contributed by atoms with Crippen molar-refractivity contribution in [1.82, 2.24) is 30.6 Å². The van der Waals surface area contributed by atoms with E-state index in [-0.39, 0.29) is 29.9 Å². The predicted octanol–water partition coefficient (Wildman–Crippen LogP) is 1.66. The second-order valence-electron chi connectivity index (χ2n) is 6.12. The van der Waals surface area contributed by atoms with E-state index in [1.54, 1.807) is 0 Å². The molecular formula is C16H17N7O5. The third-order valence-electron chi connectivity index (χ3n) is 3.74. The van der Waals surface area contributed by atoms with Crippen molar-refractivity contribution < 1.29 is 19.0 Å². The molecule has 1 aromatic carbocycles. The lowest BCUT2D eigenvalue weighted by atomic mass is 10.0. The van der Waals surface area contributed by atoms with Crippen LogP contribution in [0.25, 0.3) is 11.6 Å². The summed E-state index contributed by atoms with van der Waals surface area (Å²) in [5, 5.41) is 23.6. The second-order valence-corrected chi connectivity index (χ2v) is 6.12. The molecule has 12 heteroatoms. The first-order chi connectivity index (χ1) is 13.4. The van der Waals surface area contributed by atoms with E-state index in [2.05, 4.69) is 30.6 Å². The molecule has 0 bridgehead atoms. The minimum atomic E-state index is -0.530. The van der Waals surface area contributed by atoms with E-state index in [1.807, 2.05) is 13.8 Å². The van der Waals surface area contributed by atoms with Gasteiger partial charge in [0.05, 0.1) is 4.92 Å². The minimum Gasteiger partial charge on any atom is -0.484 e. The third-order valence-corrected chi connectivity index (χ3v) is 3.74. The molecule has 12 nitrogen and oxygen atoms in total. The van der Waals surface area contributed by atoms with Gasteiger partial charge < -0.3 is 14.6 Å². The van der Waals surface area contributed by atoms with Gasteiger partial charge in [-0.2, -0.15) is 10.1 Å². The second kappa shape index (κ2) is 8.24.